The third-order valence-corrected chi connectivity index (χ3v) is 3.57. The number of morpholine rings is 1. The molecule has 1 aromatic heterocycles. The monoisotopic (exact) mass is 310 g/mol. The van der Waals surface area contributed by atoms with E-state index in [2.05, 4.69) is 4.98 Å². The normalized spacial score (nSPS) is 19.4. The maximum atomic E-state index is 12.7. The number of alkyl halides is 3. The SMILES string of the molecule is O=C(c1ccc2ncccc2c1)N1CCO[C@@H](C(F)(F)F)C1. The average Bonchev–Trinajstić information content (AvgIpc) is 2.53. The summed E-state index contributed by atoms with van der Waals surface area (Å²) in [4.78, 5) is 17.7. The van der Waals surface area contributed by atoms with Crippen molar-refractivity contribution < 1.29 is 22.7 Å². The number of carbonyl (C=O) groups is 1. The van der Waals surface area contributed by atoms with Gasteiger partial charge in [0.1, 0.15) is 0 Å². The highest BCUT2D eigenvalue weighted by atomic mass is 19.4. The molecule has 2 heterocycles. The van der Waals surface area contributed by atoms with Gasteiger partial charge in [-0.05, 0) is 24.3 Å². The van der Waals surface area contributed by atoms with Crippen LogP contribution in [0.5, 0.6) is 0 Å². The second-order valence-corrected chi connectivity index (χ2v) is 5.06. The van der Waals surface area contributed by atoms with E-state index in [1.54, 1.807) is 36.5 Å². The van der Waals surface area contributed by atoms with Gasteiger partial charge in [-0.15, -0.1) is 0 Å². The first-order valence-corrected chi connectivity index (χ1v) is 6.77. The molecule has 3 rings (SSSR count). The molecule has 0 radical (unpaired) electrons. The second-order valence-electron chi connectivity index (χ2n) is 5.06. The van der Waals surface area contributed by atoms with Crippen molar-refractivity contribution in [1.29, 1.82) is 0 Å². The summed E-state index contributed by atoms with van der Waals surface area (Å²) in [5, 5.41) is 0.772. The molecule has 0 aliphatic carbocycles. The predicted octanol–water partition coefficient (Wildman–Crippen LogP) is 2.64. The van der Waals surface area contributed by atoms with Crippen molar-refractivity contribution in [2.45, 2.75) is 12.3 Å². The Bertz CT molecular complexity index is 702. The fourth-order valence-corrected chi connectivity index (χ4v) is 2.42. The van der Waals surface area contributed by atoms with Crippen molar-refractivity contribution in [2.24, 2.45) is 0 Å². The van der Waals surface area contributed by atoms with Gasteiger partial charge in [0.2, 0.25) is 0 Å². The maximum absolute atomic E-state index is 12.7. The first kappa shape index (κ1) is 14.8. The van der Waals surface area contributed by atoms with Crippen LogP contribution < -0.4 is 0 Å². The number of amides is 1. The third-order valence-electron chi connectivity index (χ3n) is 3.57. The highest BCUT2D eigenvalue weighted by molar-refractivity contribution is 5.98. The lowest BCUT2D eigenvalue weighted by Gasteiger charge is -2.33. The molecule has 1 aliphatic heterocycles. The lowest BCUT2D eigenvalue weighted by atomic mass is 10.1. The van der Waals surface area contributed by atoms with Gasteiger partial charge in [-0.1, -0.05) is 6.07 Å². The first-order chi connectivity index (χ1) is 10.4. The Kier molecular flexibility index (Phi) is 3.74. The molecule has 1 aromatic carbocycles. The van der Waals surface area contributed by atoms with E-state index in [0.29, 0.717) is 5.56 Å². The first-order valence-electron chi connectivity index (χ1n) is 6.77. The molecule has 0 bridgehead atoms. The van der Waals surface area contributed by atoms with Crippen LogP contribution in [0.3, 0.4) is 0 Å². The zero-order valence-electron chi connectivity index (χ0n) is 11.5. The zero-order chi connectivity index (χ0) is 15.7. The molecule has 0 N–H and O–H groups in total. The van der Waals surface area contributed by atoms with E-state index in [-0.39, 0.29) is 13.2 Å². The summed E-state index contributed by atoms with van der Waals surface area (Å²) in [6.07, 6.45) is -4.75. The van der Waals surface area contributed by atoms with Crippen LogP contribution in [0.2, 0.25) is 0 Å². The number of benzene rings is 1. The number of pyridine rings is 1. The number of hydrogen-bond donors (Lipinski definition) is 0. The molecule has 0 unspecified atom stereocenters. The van der Waals surface area contributed by atoms with Crippen LogP contribution in [-0.4, -0.2) is 47.8 Å². The summed E-state index contributed by atoms with van der Waals surface area (Å²) < 4.78 is 42.9. The van der Waals surface area contributed by atoms with E-state index in [0.717, 1.165) is 10.9 Å². The molecular weight excluding hydrogens is 297 g/mol. The van der Waals surface area contributed by atoms with Gasteiger partial charge in [0.15, 0.2) is 6.10 Å². The number of ether oxygens (including phenoxy) is 1. The Hall–Kier alpha value is -2.15. The highest BCUT2D eigenvalue weighted by Gasteiger charge is 2.44. The van der Waals surface area contributed by atoms with Crippen molar-refractivity contribution in [3.63, 3.8) is 0 Å². The Morgan fingerprint density at radius 2 is 2.14 bits per heavy atom. The molecule has 2 aromatic rings. The molecule has 1 fully saturated rings. The van der Waals surface area contributed by atoms with Crippen molar-refractivity contribution >= 4 is 16.8 Å². The summed E-state index contributed by atoms with van der Waals surface area (Å²) in [7, 11) is 0. The minimum Gasteiger partial charge on any atom is -0.365 e. The molecular formula is C15H13F3N2O2. The van der Waals surface area contributed by atoms with E-state index < -0.39 is 24.7 Å². The number of halogens is 3. The highest BCUT2D eigenvalue weighted by Crippen LogP contribution is 2.26. The summed E-state index contributed by atoms with van der Waals surface area (Å²) in [6, 6.07) is 8.45. The van der Waals surface area contributed by atoms with Gasteiger partial charge in [-0.25, -0.2) is 0 Å². The van der Waals surface area contributed by atoms with Gasteiger partial charge in [0.25, 0.3) is 5.91 Å². The standard InChI is InChI=1S/C15H13F3N2O2/c16-15(17,18)13-9-20(6-7-22-13)14(21)11-3-4-12-10(8-11)2-1-5-19-12/h1-5,8,13H,6-7,9H2/t13-/m1/s1. The number of fused-ring (bicyclic) bond motifs is 1. The van der Waals surface area contributed by atoms with E-state index in [4.69, 9.17) is 4.74 Å². The van der Waals surface area contributed by atoms with Gasteiger partial charge in [-0.2, -0.15) is 13.2 Å². The van der Waals surface area contributed by atoms with E-state index in [1.165, 1.54) is 4.90 Å². The minimum absolute atomic E-state index is 0.120. The van der Waals surface area contributed by atoms with Crippen molar-refractivity contribution in [3.05, 3.63) is 42.1 Å². The molecule has 116 valence electrons. The molecule has 1 aliphatic rings. The molecule has 1 amide bonds. The fourth-order valence-electron chi connectivity index (χ4n) is 2.42. The number of rotatable bonds is 1. The minimum atomic E-state index is -4.47. The molecule has 1 atom stereocenters. The summed E-state index contributed by atoms with van der Waals surface area (Å²) in [6.45, 7) is -0.449. The third kappa shape index (κ3) is 2.89. The van der Waals surface area contributed by atoms with Gasteiger partial charge in [-0.3, -0.25) is 9.78 Å². The van der Waals surface area contributed by atoms with Crippen LogP contribution in [-0.2, 0) is 4.74 Å². The molecule has 4 nitrogen and oxygen atoms in total. The number of nitrogens with zero attached hydrogens (tertiary/aromatic N) is 2. The topological polar surface area (TPSA) is 42.4 Å². The Morgan fingerprint density at radius 3 is 2.91 bits per heavy atom. The van der Waals surface area contributed by atoms with Crippen LogP contribution in [0.15, 0.2) is 36.5 Å². The summed E-state index contributed by atoms with van der Waals surface area (Å²) in [5.74, 6) is -0.427. The predicted molar refractivity (Wildman–Crippen MR) is 73.4 cm³/mol. The quantitative estimate of drug-likeness (QED) is 0.813. The zero-order valence-corrected chi connectivity index (χ0v) is 11.5. The number of aromatic nitrogens is 1. The lowest BCUT2D eigenvalue weighted by molar-refractivity contribution is -0.233. The largest absolute Gasteiger partial charge is 0.416 e. The number of hydrogen-bond acceptors (Lipinski definition) is 3. The van der Waals surface area contributed by atoms with Crippen molar-refractivity contribution in [1.82, 2.24) is 9.88 Å². The Balaban J connectivity index is 1.82. The van der Waals surface area contributed by atoms with Crippen LogP contribution >= 0.6 is 0 Å². The van der Waals surface area contributed by atoms with Gasteiger partial charge >= 0.3 is 6.18 Å². The van der Waals surface area contributed by atoms with Crippen LogP contribution in [0.4, 0.5) is 13.2 Å². The molecule has 0 spiro atoms. The lowest BCUT2D eigenvalue weighted by Crippen LogP contribution is -2.51. The Morgan fingerprint density at radius 1 is 1.32 bits per heavy atom. The van der Waals surface area contributed by atoms with Gasteiger partial charge in [0, 0.05) is 23.7 Å². The summed E-state index contributed by atoms with van der Waals surface area (Å²) in [5.41, 5.74) is 1.08. The second kappa shape index (κ2) is 5.57. The van der Waals surface area contributed by atoms with E-state index in [9.17, 15) is 18.0 Å². The van der Waals surface area contributed by atoms with E-state index in [1.807, 2.05) is 0 Å². The van der Waals surface area contributed by atoms with E-state index >= 15 is 0 Å². The van der Waals surface area contributed by atoms with Crippen molar-refractivity contribution in [2.75, 3.05) is 19.7 Å². The van der Waals surface area contributed by atoms with Crippen LogP contribution in [0.1, 0.15) is 10.4 Å². The molecule has 1 saturated heterocycles. The Labute approximate surface area is 124 Å². The molecule has 0 saturated carbocycles. The summed E-state index contributed by atoms with van der Waals surface area (Å²) >= 11 is 0. The maximum Gasteiger partial charge on any atom is 0.416 e. The van der Waals surface area contributed by atoms with Gasteiger partial charge in [0.05, 0.1) is 18.7 Å². The fraction of sp³-hybridized carbons (Fsp3) is 0.333. The van der Waals surface area contributed by atoms with Crippen molar-refractivity contribution in [3.8, 4) is 0 Å². The smallest absolute Gasteiger partial charge is 0.365 e. The van der Waals surface area contributed by atoms with Gasteiger partial charge < -0.3 is 9.64 Å². The molecule has 22 heavy (non-hydrogen) atoms. The van der Waals surface area contributed by atoms with Crippen LogP contribution in [0.25, 0.3) is 10.9 Å². The molecule has 7 heteroatoms. The van der Waals surface area contributed by atoms with Crippen LogP contribution in [0, 0.1) is 0 Å². The number of carbonyl (C=O) groups excluding carboxylic acids is 1. The average molecular weight is 310 g/mol.